The van der Waals surface area contributed by atoms with Crippen LogP contribution in [-0.2, 0) is 6.18 Å². The third-order valence-corrected chi connectivity index (χ3v) is 7.20. The number of anilines is 3. The Balaban J connectivity index is 1.16. The van der Waals surface area contributed by atoms with Gasteiger partial charge in [0.05, 0.1) is 17.2 Å². The van der Waals surface area contributed by atoms with Gasteiger partial charge in [0.2, 0.25) is 5.88 Å². The Hall–Kier alpha value is -3.71. The minimum atomic E-state index is -4.57. The fraction of sp³-hybridized carbons (Fsp3) is 0.370. The van der Waals surface area contributed by atoms with Gasteiger partial charge in [-0.25, -0.2) is 9.97 Å². The molecule has 0 unspecified atom stereocenters. The van der Waals surface area contributed by atoms with Gasteiger partial charge in [-0.1, -0.05) is 11.6 Å². The van der Waals surface area contributed by atoms with Gasteiger partial charge in [0.25, 0.3) is 0 Å². The monoisotopic (exact) mass is 542 g/mol. The van der Waals surface area contributed by atoms with E-state index in [1.54, 1.807) is 12.1 Å². The first-order chi connectivity index (χ1) is 18.3. The summed E-state index contributed by atoms with van der Waals surface area (Å²) in [7, 11) is 0. The number of nitriles is 1. The van der Waals surface area contributed by atoms with Gasteiger partial charge < -0.3 is 19.4 Å². The molecular weight excluding hydrogens is 517 g/mol. The maximum atomic E-state index is 13.4. The van der Waals surface area contributed by atoms with Gasteiger partial charge in [0.1, 0.15) is 18.2 Å². The molecule has 5 rings (SSSR count). The van der Waals surface area contributed by atoms with E-state index in [2.05, 4.69) is 19.8 Å². The number of aromatic nitrogens is 2. The number of nitrogens with zero attached hydrogens (tertiary/aromatic N) is 6. The summed E-state index contributed by atoms with van der Waals surface area (Å²) in [5, 5.41) is 9.75. The highest BCUT2D eigenvalue weighted by Gasteiger charge is 2.34. The highest BCUT2D eigenvalue weighted by molar-refractivity contribution is 6.30. The Bertz CT molecular complexity index is 1300. The summed E-state index contributed by atoms with van der Waals surface area (Å²) >= 11 is 6.00. The molecule has 2 saturated heterocycles. The van der Waals surface area contributed by atoms with Crippen LogP contribution in [0.2, 0.25) is 5.02 Å². The Morgan fingerprint density at radius 1 is 0.842 bits per heavy atom. The molecule has 0 aliphatic carbocycles. The first-order valence-corrected chi connectivity index (χ1v) is 12.8. The lowest BCUT2D eigenvalue weighted by atomic mass is 10.0. The second-order valence-corrected chi connectivity index (χ2v) is 9.75. The third-order valence-electron chi connectivity index (χ3n) is 6.95. The standard InChI is InChI=1S/C27H26ClF3N6O/c28-20-2-5-21(6-3-20)36-11-13-37(14-12-36)25-16-26(34-18-33-25)38-23-7-9-35(10-8-23)22-4-1-19(17-32)24(15-22)27(29,30)31/h1-6,15-16,18,23H,7-14H2. The normalized spacial score (nSPS) is 16.9. The molecule has 2 aliphatic rings. The van der Waals surface area contributed by atoms with Crippen LogP contribution in [0.1, 0.15) is 24.0 Å². The zero-order chi connectivity index (χ0) is 26.7. The van der Waals surface area contributed by atoms with Crippen molar-refractivity contribution in [2.24, 2.45) is 0 Å². The highest BCUT2D eigenvalue weighted by atomic mass is 35.5. The molecule has 3 aromatic rings. The van der Waals surface area contributed by atoms with Crippen molar-refractivity contribution in [1.82, 2.24) is 9.97 Å². The van der Waals surface area contributed by atoms with Crippen LogP contribution in [0, 0.1) is 11.3 Å². The number of rotatable bonds is 5. The summed E-state index contributed by atoms with van der Waals surface area (Å²) in [4.78, 5) is 15.1. The van der Waals surface area contributed by atoms with Crippen LogP contribution in [0.25, 0.3) is 0 Å². The van der Waals surface area contributed by atoms with E-state index in [0.29, 0.717) is 37.5 Å². The number of piperidine rings is 1. The molecule has 0 amide bonds. The SMILES string of the molecule is N#Cc1ccc(N2CCC(Oc3cc(N4CCN(c5ccc(Cl)cc5)CC4)ncn3)CC2)cc1C(F)(F)F. The van der Waals surface area contributed by atoms with Crippen LogP contribution in [-0.4, -0.2) is 55.3 Å². The van der Waals surface area contributed by atoms with Crippen molar-refractivity contribution >= 4 is 28.8 Å². The molecule has 2 fully saturated rings. The molecule has 198 valence electrons. The van der Waals surface area contributed by atoms with E-state index in [-0.39, 0.29) is 11.7 Å². The maximum absolute atomic E-state index is 13.4. The molecule has 2 aromatic carbocycles. The largest absolute Gasteiger partial charge is 0.474 e. The average molecular weight is 543 g/mol. The van der Waals surface area contributed by atoms with Gasteiger partial charge in [0.15, 0.2) is 0 Å². The third kappa shape index (κ3) is 5.89. The summed E-state index contributed by atoms with van der Waals surface area (Å²) < 4.78 is 46.2. The van der Waals surface area contributed by atoms with E-state index >= 15 is 0 Å². The van der Waals surface area contributed by atoms with Gasteiger partial charge in [-0.15, -0.1) is 0 Å². The second-order valence-electron chi connectivity index (χ2n) is 9.31. The van der Waals surface area contributed by atoms with Crippen LogP contribution in [0.5, 0.6) is 5.88 Å². The van der Waals surface area contributed by atoms with E-state index < -0.39 is 11.7 Å². The molecule has 2 aliphatic heterocycles. The van der Waals surface area contributed by atoms with Crippen LogP contribution in [0.4, 0.5) is 30.4 Å². The van der Waals surface area contributed by atoms with E-state index in [4.69, 9.17) is 21.6 Å². The lowest BCUT2D eigenvalue weighted by Gasteiger charge is -2.37. The van der Waals surface area contributed by atoms with Gasteiger partial charge in [0, 0.05) is 74.6 Å². The Morgan fingerprint density at radius 3 is 2.13 bits per heavy atom. The minimum Gasteiger partial charge on any atom is -0.474 e. The number of alkyl halides is 3. The predicted octanol–water partition coefficient (Wildman–Crippen LogP) is 5.39. The van der Waals surface area contributed by atoms with Crippen LogP contribution in [0.15, 0.2) is 54.9 Å². The van der Waals surface area contributed by atoms with Crippen molar-refractivity contribution in [2.75, 3.05) is 54.0 Å². The Morgan fingerprint density at radius 2 is 1.47 bits per heavy atom. The number of piperazine rings is 1. The van der Waals surface area contributed by atoms with Gasteiger partial charge in [-0.05, 0) is 42.5 Å². The zero-order valence-corrected chi connectivity index (χ0v) is 21.3. The molecule has 1 aromatic heterocycles. The summed E-state index contributed by atoms with van der Waals surface area (Å²) in [5.41, 5.74) is 0.323. The van der Waals surface area contributed by atoms with Crippen molar-refractivity contribution in [3.05, 3.63) is 71.0 Å². The van der Waals surface area contributed by atoms with Gasteiger partial charge in [-0.3, -0.25) is 0 Å². The molecular formula is C27H26ClF3N6O. The predicted molar refractivity (Wildman–Crippen MR) is 140 cm³/mol. The highest BCUT2D eigenvalue weighted by Crippen LogP contribution is 2.35. The lowest BCUT2D eigenvalue weighted by molar-refractivity contribution is -0.137. The summed E-state index contributed by atoms with van der Waals surface area (Å²) in [5.74, 6) is 1.30. The Kier molecular flexibility index (Phi) is 7.47. The summed E-state index contributed by atoms with van der Waals surface area (Å²) in [6, 6.07) is 15.2. The van der Waals surface area contributed by atoms with Crippen molar-refractivity contribution in [3.8, 4) is 11.9 Å². The van der Waals surface area contributed by atoms with E-state index in [1.807, 2.05) is 35.2 Å². The first kappa shape index (κ1) is 25.9. The fourth-order valence-corrected chi connectivity index (χ4v) is 5.00. The molecule has 0 radical (unpaired) electrons. The van der Waals surface area contributed by atoms with Gasteiger partial charge >= 0.3 is 6.18 Å². The molecule has 3 heterocycles. The van der Waals surface area contributed by atoms with Crippen LogP contribution in [0.3, 0.4) is 0 Å². The molecule has 0 spiro atoms. The quantitative estimate of drug-likeness (QED) is 0.428. The molecule has 11 heteroatoms. The number of hydrogen-bond donors (Lipinski definition) is 0. The first-order valence-electron chi connectivity index (χ1n) is 12.4. The molecule has 0 atom stereocenters. The van der Waals surface area contributed by atoms with Crippen LogP contribution < -0.4 is 19.4 Å². The lowest BCUT2D eigenvalue weighted by Crippen LogP contribution is -2.46. The average Bonchev–Trinajstić information content (AvgIpc) is 2.93. The Labute approximate surface area is 224 Å². The van der Waals surface area contributed by atoms with Crippen molar-refractivity contribution in [3.63, 3.8) is 0 Å². The summed E-state index contributed by atoms with van der Waals surface area (Å²) in [6.45, 7) is 4.40. The number of ether oxygens (including phenoxy) is 1. The molecule has 7 nitrogen and oxygen atoms in total. The topological polar surface area (TPSA) is 68.5 Å². The fourth-order valence-electron chi connectivity index (χ4n) is 4.88. The smallest absolute Gasteiger partial charge is 0.417 e. The van der Waals surface area contributed by atoms with Crippen LogP contribution >= 0.6 is 11.6 Å². The van der Waals surface area contributed by atoms with Crippen molar-refractivity contribution < 1.29 is 17.9 Å². The molecule has 0 N–H and O–H groups in total. The zero-order valence-electron chi connectivity index (χ0n) is 20.5. The summed E-state index contributed by atoms with van der Waals surface area (Å²) in [6.07, 6.45) is -1.89. The second kappa shape index (κ2) is 11.0. The number of benzene rings is 2. The maximum Gasteiger partial charge on any atom is 0.417 e. The van der Waals surface area contributed by atoms with E-state index in [1.165, 1.54) is 12.4 Å². The molecule has 38 heavy (non-hydrogen) atoms. The number of hydrogen-bond acceptors (Lipinski definition) is 7. The molecule has 0 bridgehead atoms. The van der Waals surface area contributed by atoms with Crippen molar-refractivity contribution in [2.45, 2.75) is 25.1 Å². The van der Waals surface area contributed by atoms with Crippen molar-refractivity contribution in [1.29, 1.82) is 5.26 Å². The minimum absolute atomic E-state index is 0.101. The van der Waals surface area contributed by atoms with E-state index in [9.17, 15) is 13.2 Å². The van der Waals surface area contributed by atoms with Gasteiger partial charge in [-0.2, -0.15) is 18.4 Å². The number of halogens is 4. The van der Waals surface area contributed by atoms with E-state index in [0.717, 1.165) is 48.8 Å². The molecule has 0 saturated carbocycles.